The van der Waals surface area contributed by atoms with E-state index in [4.69, 9.17) is 9.47 Å². The summed E-state index contributed by atoms with van der Waals surface area (Å²) in [4.78, 5) is 14.7. The Balaban J connectivity index is 1.67. The fourth-order valence-corrected chi connectivity index (χ4v) is 3.43. The Morgan fingerprint density at radius 1 is 1.07 bits per heavy atom. The van der Waals surface area contributed by atoms with E-state index in [2.05, 4.69) is 10.3 Å². The normalized spacial score (nSPS) is 11.0. The van der Waals surface area contributed by atoms with E-state index in [1.165, 1.54) is 0 Å². The third-order valence-electron chi connectivity index (χ3n) is 4.78. The molecule has 154 valence electrons. The number of carboxylic acid groups (broad SMARTS) is 1. The molecule has 0 aliphatic rings. The fraction of sp³-hybridized carbons (Fsp3) is 0.348. The van der Waals surface area contributed by atoms with Crippen molar-refractivity contribution in [2.75, 3.05) is 19.8 Å². The van der Waals surface area contributed by atoms with Crippen molar-refractivity contribution in [3.8, 4) is 11.5 Å². The Hall–Kier alpha value is -2.99. The highest BCUT2D eigenvalue weighted by molar-refractivity contribution is 5.97. The van der Waals surface area contributed by atoms with Crippen molar-refractivity contribution < 1.29 is 19.4 Å². The molecule has 0 saturated heterocycles. The van der Waals surface area contributed by atoms with Gasteiger partial charge in [-0.2, -0.15) is 0 Å². The number of rotatable bonds is 10. The molecule has 29 heavy (non-hydrogen) atoms. The maximum atomic E-state index is 11.6. The van der Waals surface area contributed by atoms with Crippen LogP contribution in [0, 0.1) is 6.92 Å². The molecule has 0 saturated carbocycles. The summed E-state index contributed by atoms with van der Waals surface area (Å²) in [6, 6.07) is 11.9. The molecule has 0 aliphatic heterocycles. The lowest BCUT2D eigenvalue weighted by Gasteiger charge is -2.12. The zero-order chi connectivity index (χ0) is 20.8. The second-order valence-corrected chi connectivity index (χ2v) is 6.91. The minimum atomic E-state index is -0.941. The molecule has 1 heterocycles. The molecule has 1 aromatic heterocycles. The number of hydrogen-bond acceptors (Lipinski definition) is 4. The summed E-state index contributed by atoms with van der Waals surface area (Å²) in [7, 11) is 0. The van der Waals surface area contributed by atoms with Crippen molar-refractivity contribution >= 4 is 16.9 Å². The van der Waals surface area contributed by atoms with E-state index in [9.17, 15) is 9.90 Å². The van der Waals surface area contributed by atoms with Crippen LogP contribution in [0.5, 0.6) is 11.5 Å². The largest absolute Gasteiger partial charge is 0.490 e. The van der Waals surface area contributed by atoms with Gasteiger partial charge in [-0.3, -0.25) is 0 Å². The number of aryl methyl sites for hydroxylation is 1. The van der Waals surface area contributed by atoms with Crippen LogP contribution < -0.4 is 14.8 Å². The Morgan fingerprint density at radius 2 is 1.83 bits per heavy atom. The van der Waals surface area contributed by atoms with Gasteiger partial charge in [0.25, 0.3) is 0 Å². The van der Waals surface area contributed by atoms with Crippen LogP contribution in [0.4, 0.5) is 0 Å². The summed E-state index contributed by atoms with van der Waals surface area (Å²) in [6.45, 7) is 8.28. The molecule has 2 aromatic carbocycles. The second-order valence-electron chi connectivity index (χ2n) is 6.91. The van der Waals surface area contributed by atoms with E-state index in [0.29, 0.717) is 19.8 Å². The van der Waals surface area contributed by atoms with Gasteiger partial charge in [0, 0.05) is 23.0 Å². The molecule has 0 unspecified atom stereocenters. The van der Waals surface area contributed by atoms with Gasteiger partial charge in [-0.15, -0.1) is 0 Å². The highest BCUT2D eigenvalue weighted by atomic mass is 16.5. The van der Waals surface area contributed by atoms with E-state index in [1.54, 1.807) is 0 Å². The Kier molecular flexibility index (Phi) is 6.77. The van der Waals surface area contributed by atoms with Crippen molar-refractivity contribution in [3.63, 3.8) is 0 Å². The minimum absolute atomic E-state index is 0.248. The molecule has 3 aromatic rings. The highest BCUT2D eigenvalue weighted by Crippen LogP contribution is 2.29. The lowest BCUT2D eigenvalue weighted by atomic mass is 10.1. The summed E-state index contributed by atoms with van der Waals surface area (Å²) < 4.78 is 11.3. The predicted molar refractivity (Wildman–Crippen MR) is 114 cm³/mol. The average molecular weight is 396 g/mol. The van der Waals surface area contributed by atoms with E-state index in [0.717, 1.165) is 52.1 Å². The summed E-state index contributed by atoms with van der Waals surface area (Å²) in [5.74, 6) is 0.571. The molecule has 6 heteroatoms. The lowest BCUT2D eigenvalue weighted by Crippen LogP contribution is -2.18. The number of carboxylic acids is 1. The van der Waals surface area contributed by atoms with Crippen molar-refractivity contribution in [1.29, 1.82) is 0 Å². The third kappa shape index (κ3) is 4.90. The maximum absolute atomic E-state index is 11.6. The first kappa shape index (κ1) is 20.7. The molecule has 3 N–H and O–H groups in total. The monoisotopic (exact) mass is 396 g/mol. The van der Waals surface area contributed by atoms with Gasteiger partial charge >= 0.3 is 5.97 Å². The van der Waals surface area contributed by atoms with Crippen LogP contribution in [-0.2, 0) is 13.0 Å². The van der Waals surface area contributed by atoms with Crippen LogP contribution in [0.15, 0.2) is 36.4 Å². The predicted octanol–water partition coefficient (Wildman–Crippen LogP) is 4.30. The number of hydrogen-bond donors (Lipinski definition) is 3. The summed E-state index contributed by atoms with van der Waals surface area (Å²) >= 11 is 0. The van der Waals surface area contributed by atoms with Gasteiger partial charge in [0.05, 0.1) is 13.2 Å². The van der Waals surface area contributed by atoms with Gasteiger partial charge in [-0.25, -0.2) is 4.79 Å². The summed E-state index contributed by atoms with van der Waals surface area (Å²) in [6.07, 6.45) is 0.802. The first-order valence-electron chi connectivity index (χ1n) is 9.97. The minimum Gasteiger partial charge on any atom is -0.490 e. The summed E-state index contributed by atoms with van der Waals surface area (Å²) in [5, 5.41) is 13.9. The Labute approximate surface area is 170 Å². The SMILES string of the molecule is CCOc1ccc(CCNCc2c(C(=O)O)[nH]c3cc(C)ccc23)cc1OCC. The number of aromatic amines is 1. The fourth-order valence-electron chi connectivity index (χ4n) is 3.43. The van der Waals surface area contributed by atoms with Crippen molar-refractivity contribution in [1.82, 2.24) is 10.3 Å². The quantitative estimate of drug-likeness (QED) is 0.445. The molecule has 0 fully saturated rings. The van der Waals surface area contributed by atoms with Crippen LogP contribution >= 0.6 is 0 Å². The van der Waals surface area contributed by atoms with E-state index >= 15 is 0 Å². The number of fused-ring (bicyclic) bond motifs is 1. The van der Waals surface area contributed by atoms with Crippen LogP contribution in [0.25, 0.3) is 10.9 Å². The number of aromatic carboxylic acids is 1. The zero-order valence-corrected chi connectivity index (χ0v) is 17.2. The molecule has 0 atom stereocenters. The standard InChI is InChI=1S/C23H28N2O4/c1-4-28-20-9-7-16(13-21(20)29-5-2)10-11-24-14-18-17-8-6-15(3)12-19(17)25-22(18)23(26)27/h6-9,12-13,24-25H,4-5,10-11,14H2,1-3H3,(H,26,27). The molecular weight excluding hydrogens is 368 g/mol. The van der Waals surface area contributed by atoms with Crippen LogP contribution in [0.2, 0.25) is 0 Å². The Morgan fingerprint density at radius 3 is 2.55 bits per heavy atom. The number of ether oxygens (including phenoxy) is 2. The number of H-pyrrole nitrogens is 1. The Bertz CT molecular complexity index is 994. The average Bonchev–Trinajstić information content (AvgIpc) is 3.05. The van der Waals surface area contributed by atoms with Gasteiger partial charge < -0.3 is 24.9 Å². The molecule has 6 nitrogen and oxygen atoms in total. The van der Waals surface area contributed by atoms with Crippen LogP contribution in [0.3, 0.4) is 0 Å². The smallest absolute Gasteiger partial charge is 0.352 e. The van der Waals surface area contributed by atoms with Crippen molar-refractivity contribution in [3.05, 3.63) is 58.8 Å². The van der Waals surface area contributed by atoms with E-state index in [1.807, 2.05) is 57.2 Å². The highest BCUT2D eigenvalue weighted by Gasteiger charge is 2.16. The van der Waals surface area contributed by atoms with E-state index < -0.39 is 5.97 Å². The first-order chi connectivity index (χ1) is 14.0. The topological polar surface area (TPSA) is 83.6 Å². The molecule has 3 rings (SSSR count). The second kappa shape index (κ2) is 9.47. The van der Waals surface area contributed by atoms with Gasteiger partial charge in [0.1, 0.15) is 5.69 Å². The van der Waals surface area contributed by atoms with Crippen molar-refractivity contribution in [2.24, 2.45) is 0 Å². The van der Waals surface area contributed by atoms with Crippen LogP contribution in [0.1, 0.15) is 41.0 Å². The molecule has 0 spiro atoms. The van der Waals surface area contributed by atoms with Gasteiger partial charge in [0.15, 0.2) is 11.5 Å². The zero-order valence-electron chi connectivity index (χ0n) is 17.2. The first-order valence-corrected chi connectivity index (χ1v) is 9.97. The lowest BCUT2D eigenvalue weighted by molar-refractivity contribution is 0.0690. The summed E-state index contributed by atoms with van der Waals surface area (Å²) in [5.41, 5.74) is 4.12. The molecular formula is C23H28N2O4. The molecule has 0 bridgehead atoms. The van der Waals surface area contributed by atoms with Gasteiger partial charge in [-0.05, 0) is 63.1 Å². The molecule has 0 radical (unpaired) electrons. The molecule has 0 amide bonds. The van der Waals surface area contributed by atoms with E-state index in [-0.39, 0.29) is 5.69 Å². The number of benzene rings is 2. The molecule has 0 aliphatic carbocycles. The van der Waals surface area contributed by atoms with Crippen LogP contribution in [-0.4, -0.2) is 35.8 Å². The van der Waals surface area contributed by atoms with Gasteiger partial charge in [0.2, 0.25) is 0 Å². The number of aromatic nitrogens is 1. The van der Waals surface area contributed by atoms with Crippen molar-refractivity contribution in [2.45, 2.75) is 33.7 Å². The van der Waals surface area contributed by atoms with Gasteiger partial charge in [-0.1, -0.05) is 18.2 Å². The third-order valence-corrected chi connectivity index (χ3v) is 4.78. The number of nitrogens with one attached hydrogen (secondary N) is 2. The maximum Gasteiger partial charge on any atom is 0.352 e. The number of carbonyl (C=O) groups is 1.